The number of nitrogens with zero attached hydrogens (tertiary/aromatic N) is 2. The van der Waals surface area contributed by atoms with Crippen LogP contribution in [0.4, 0.5) is 0 Å². The molecule has 2 atom stereocenters. The zero-order valence-corrected chi connectivity index (χ0v) is 8.72. The maximum Gasteiger partial charge on any atom is 0.0794 e. The van der Waals surface area contributed by atoms with Gasteiger partial charge in [-0.25, -0.2) is 0 Å². The van der Waals surface area contributed by atoms with Crippen molar-refractivity contribution in [2.45, 2.75) is 19.4 Å². The van der Waals surface area contributed by atoms with Crippen molar-refractivity contribution in [1.82, 2.24) is 5.01 Å². The summed E-state index contributed by atoms with van der Waals surface area (Å²) in [5.41, 5.74) is 1.36. The molecule has 0 saturated heterocycles. The lowest BCUT2D eigenvalue weighted by Crippen LogP contribution is -2.20. The Balaban J connectivity index is 2.26. The molecule has 0 aliphatic carbocycles. The van der Waals surface area contributed by atoms with Gasteiger partial charge in [-0.1, -0.05) is 37.3 Å². The molecule has 0 saturated carbocycles. The number of hydrogen-bond donors (Lipinski definition) is 0. The first kappa shape index (κ1) is 9.25. The minimum atomic E-state index is 0.432. The summed E-state index contributed by atoms with van der Waals surface area (Å²) in [7, 11) is 2.05. The van der Waals surface area contributed by atoms with Gasteiger partial charge in [0.2, 0.25) is 0 Å². The molecule has 2 nitrogen and oxygen atoms in total. The standard InChI is InChI=1S/C12H16N2/c1-3-10-9-13-14(2)12(10)11-7-5-4-6-8-11/h4-10,12H,3H2,1-2H3. The van der Waals surface area contributed by atoms with Crippen LogP contribution in [0.5, 0.6) is 0 Å². The van der Waals surface area contributed by atoms with E-state index in [-0.39, 0.29) is 0 Å². The number of benzene rings is 1. The lowest BCUT2D eigenvalue weighted by Gasteiger charge is -2.24. The van der Waals surface area contributed by atoms with E-state index in [2.05, 4.69) is 53.6 Å². The molecule has 0 amide bonds. The quantitative estimate of drug-likeness (QED) is 0.696. The largest absolute Gasteiger partial charge is 0.292 e. The monoisotopic (exact) mass is 188 g/mol. The van der Waals surface area contributed by atoms with Crippen LogP contribution in [-0.2, 0) is 0 Å². The zero-order valence-electron chi connectivity index (χ0n) is 8.72. The van der Waals surface area contributed by atoms with Crippen LogP contribution >= 0.6 is 0 Å². The second-order valence-corrected chi connectivity index (χ2v) is 3.77. The topological polar surface area (TPSA) is 15.6 Å². The van der Waals surface area contributed by atoms with E-state index in [4.69, 9.17) is 0 Å². The van der Waals surface area contributed by atoms with Crippen LogP contribution in [0.15, 0.2) is 35.4 Å². The van der Waals surface area contributed by atoms with Crippen LogP contribution in [0.25, 0.3) is 0 Å². The summed E-state index contributed by atoms with van der Waals surface area (Å²) in [5, 5.41) is 6.41. The van der Waals surface area contributed by atoms with Crippen molar-refractivity contribution in [3.05, 3.63) is 35.9 Å². The first-order chi connectivity index (χ1) is 6.83. The van der Waals surface area contributed by atoms with Crippen molar-refractivity contribution in [2.24, 2.45) is 11.0 Å². The summed E-state index contributed by atoms with van der Waals surface area (Å²) in [4.78, 5) is 0. The molecule has 1 aromatic rings. The molecule has 1 heterocycles. The molecule has 0 aromatic heterocycles. The van der Waals surface area contributed by atoms with Gasteiger partial charge >= 0.3 is 0 Å². The van der Waals surface area contributed by atoms with Gasteiger partial charge in [0.25, 0.3) is 0 Å². The first-order valence-electron chi connectivity index (χ1n) is 5.14. The average molecular weight is 188 g/mol. The summed E-state index contributed by atoms with van der Waals surface area (Å²) in [5.74, 6) is 0.558. The Hall–Kier alpha value is -1.31. The van der Waals surface area contributed by atoms with Gasteiger partial charge in [-0.05, 0) is 12.0 Å². The third kappa shape index (κ3) is 1.52. The van der Waals surface area contributed by atoms with Gasteiger partial charge in [0.05, 0.1) is 6.04 Å². The molecule has 1 aromatic carbocycles. The molecule has 1 aliphatic heterocycles. The fraction of sp³-hybridized carbons (Fsp3) is 0.417. The normalized spacial score (nSPS) is 25.7. The molecule has 74 valence electrons. The molecule has 0 spiro atoms. The highest BCUT2D eigenvalue weighted by molar-refractivity contribution is 5.64. The fourth-order valence-corrected chi connectivity index (χ4v) is 2.06. The molecular formula is C12H16N2. The van der Waals surface area contributed by atoms with E-state index in [0.29, 0.717) is 12.0 Å². The molecule has 14 heavy (non-hydrogen) atoms. The van der Waals surface area contributed by atoms with Crippen LogP contribution < -0.4 is 0 Å². The van der Waals surface area contributed by atoms with Crippen molar-refractivity contribution >= 4 is 6.21 Å². The Morgan fingerprint density at radius 1 is 1.29 bits per heavy atom. The Bertz CT molecular complexity index is 318. The average Bonchev–Trinajstić information content (AvgIpc) is 2.61. The second-order valence-electron chi connectivity index (χ2n) is 3.77. The molecule has 1 aliphatic rings. The Kier molecular flexibility index (Phi) is 2.53. The third-order valence-electron chi connectivity index (χ3n) is 2.86. The van der Waals surface area contributed by atoms with Crippen LogP contribution in [0.1, 0.15) is 24.9 Å². The molecule has 0 N–H and O–H groups in total. The molecule has 2 heteroatoms. The summed E-state index contributed by atoms with van der Waals surface area (Å²) in [6.07, 6.45) is 3.21. The van der Waals surface area contributed by atoms with E-state index in [1.807, 2.05) is 7.05 Å². The maximum absolute atomic E-state index is 4.35. The number of hydrogen-bond acceptors (Lipinski definition) is 2. The van der Waals surface area contributed by atoms with Crippen LogP contribution in [0.3, 0.4) is 0 Å². The molecule has 2 unspecified atom stereocenters. The van der Waals surface area contributed by atoms with Crippen molar-refractivity contribution in [3.63, 3.8) is 0 Å². The van der Waals surface area contributed by atoms with Crippen molar-refractivity contribution in [3.8, 4) is 0 Å². The lowest BCUT2D eigenvalue weighted by atomic mass is 9.93. The van der Waals surface area contributed by atoms with Gasteiger partial charge in [0, 0.05) is 19.2 Å². The van der Waals surface area contributed by atoms with Gasteiger partial charge in [-0.3, -0.25) is 5.01 Å². The highest BCUT2D eigenvalue weighted by Crippen LogP contribution is 2.32. The smallest absolute Gasteiger partial charge is 0.0794 e. The highest BCUT2D eigenvalue weighted by atomic mass is 15.5. The SMILES string of the molecule is CCC1C=NN(C)C1c1ccccc1. The maximum atomic E-state index is 4.35. The molecule has 0 radical (unpaired) electrons. The van der Waals surface area contributed by atoms with Crippen molar-refractivity contribution in [1.29, 1.82) is 0 Å². The van der Waals surface area contributed by atoms with E-state index >= 15 is 0 Å². The van der Waals surface area contributed by atoms with E-state index in [1.165, 1.54) is 5.56 Å². The minimum absolute atomic E-state index is 0.432. The van der Waals surface area contributed by atoms with Gasteiger partial charge < -0.3 is 0 Å². The number of rotatable bonds is 2. The highest BCUT2D eigenvalue weighted by Gasteiger charge is 2.28. The van der Waals surface area contributed by atoms with E-state index < -0.39 is 0 Å². The predicted molar refractivity (Wildman–Crippen MR) is 59.2 cm³/mol. The summed E-state index contributed by atoms with van der Waals surface area (Å²) in [6.45, 7) is 2.21. The molecular weight excluding hydrogens is 172 g/mol. The Morgan fingerprint density at radius 2 is 2.00 bits per heavy atom. The predicted octanol–water partition coefficient (Wildman–Crippen LogP) is 2.69. The number of hydrazone groups is 1. The minimum Gasteiger partial charge on any atom is -0.292 e. The summed E-state index contributed by atoms with van der Waals surface area (Å²) >= 11 is 0. The van der Waals surface area contributed by atoms with E-state index in [0.717, 1.165) is 6.42 Å². The molecule has 2 rings (SSSR count). The Labute approximate surface area is 85.2 Å². The van der Waals surface area contributed by atoms with E-state index in [1.54, 1.807) is 0 Å². The van der Waals surface area contributed by atoms with Crippen molar-refractivity contribution in [2.75, 3.05) is 7.05 Å². The molecule has 0 bridgehead atoms. The third-order valence-corrected chi connectivity index (χ3v) is 2.86. The summed E-state index contributed by atoms with van der Waals surface area (Å²) < 4.78 is 0. The first-order valence-corrected chi connectivity index (χ1v) is 5.14. The van der Waals surface area contributed by atoms with Crippen molar-refractivity contribution < 1.29 is 0 Å². The van der Waals surface area contributed by atoms with Gasteiger partial charge in [-0.15, -0.1) is 0 Å². The van der Waals surface area contributed by atoms with Crippen LogP contribution in [-0.4, -0.2) is 18.3 Å². The lowest BCUT2D eigenvalue weighted by molar-refractivity contribution is 0.247. The molecule has 0 fully saturated rings. The summed E-state index contributed by atoms with van der Waals surface area (Å²) in [6, 6.07) is 11.0. The Morgan fingerprint density at radius 3 is 2.64 bits per heavy atom. The fourth-order valence-electron chi connectivity index (χ4n) is 2.06. The van der Waals surface area contributed by atoms with Gasteiger partial charge in [0.15, 0.2) is 0 Å². The van der Waals surface area contributed by atoms with Crippen LogP contribution in [0, 0.1) is 5.92 Å². The second kappa shape index (κ2) is 3.82. The van der Waals surface area contributed by atoms with Crippen LogP contribution in [0.2, 0.25) is 0 Å². The zero-order chi connectivity index (χ0) is 9.97. The van der Waals surface area contributed by atoms with Gasteiger partial charge in [0.1, 0.15) is 0 Å². The van der Waals surface area contributed by atoms with Gasteiger partial charge in [-0.2, -0.15) is 5.10 Å². The van der Waals surface area contributed by atoms with E-state index in [9.17, 15) is 0 Å².